The van der Waals surface area contributed by atoms with Crippen LogP contribution in [0.15, 0.2) is 52.2 Å². The molecule has 0 bridgehead atoms. The molecule has 0 saturated heterocycles. The van der Waals surface area contributed by atoms with E-state index in [1.54, 1.807) is 18.0 Å². The lowest BCUT2D eigenvalue weighted by atomic mass is 10.2. The van der Waals surface area contributed by atoms with E-state index in [4.69, 9.17) is 0 Å². The summed E-state index contributed by atoms with van der Waals surface area (Å²) in [6.07, 6.45) is 7.76. The minimum atomic E-state index is 0.710. The lowest BCUT2D eigenvalue weighted by Gasteiger charge is -1.98. The van der Waals surface area contributed by atoms with Gasteiger partial charge in [-0.25, -0.2) is 9.97 Å². The topological polar surface area (TPSA) is 30.2 Å². The summed E-state index contributed by atoms with van der Waals surface area (Å²) < 4.78 is 2.86. The predicted molar refractivity (Wildman–Crippen MR) is 77.9 cm³/mol. The van der Waals surface area contributed by atoms with Crippen molar-refractivity contribution < 1.29 is 0 Å². The molecule has 0 aliphatic heterocycles. The number of fused-ring (bicyclic) bond motifs is 1. The SMILES string of the molecule is CSc1ccc(-c2cn3cc(Br)cnc3n2)cc1. The van der Waals surface area contributed by atoms with Gasteiger partial charge in [-0.05, 0) is 34.3 Å². The van der Waals surface area contributed by atoms with E-state index < -0.39 is 0 Å². The summed E-state index contributed by atoms with van der Waals surface area (Å²) in [6, 6.07) is 8.38. The third-order valence-electron chi connectivity index (χ3n) is 2.66. The van der Waals surface area contributed by atoms with Crippen LogP contribution in [0, 0.1) is 0 Å². The van der Waals surface area contributed by atoms with E-state index in [0.29, 0.717) is 5.78 Å². The highest BCUT2D eigenvalue weighted by Crippen LogP contribution is 2.22. The van der Waals surface area contributed by atoms with Crippen LogP contribution < -0.4 is 0 Å². The Balaban J connectivity index is 2.07. The lowest BCUT2D eigenvalue weighted by Crippen LogP contribution is -1.85. The molecule has 18 heavy (non-hydrogen) atoms. The van der Waals surface area contributed by atoms with E-state index in [1.807, 2.05) is 16.8 Å². The molecule has 1 aromatic carbocycles. The molecule has 0 aliphatic rings. The van der Waals surface area contributed by atoms with E-state index >= 15 is 0 Å². The van der Waals surface area contributed by atoms with Crippen molar-refractivity contribution in [2.45, 2.75) is 4.90 Å². The summed E-state index contributed by atoms with van der Waals surface area (Å²) in [4.78, 5) is 10.0. The second-order valence-electron chi connectivity index (χ2n) is 3.83. The Morgan fingerprint density at radius 2 is 1.94 bits per heavy atom. The minimum Gasteiger partial charge on any atom is -0.289 e. The second-order valence-corrected chi connectivity index (χ2v) is 5.63. The van der Waals surface area contributed by atoms with Crippen molar-refractivity contribution in [1.29, 1.82) is 0 Å². The number of hydrogen-bond acceptors (Lipinski definition) is 3. The first-order valence-corrected chi connectivity index (χ1v) is 7.43. The molecule has 0 radical (unpaired) electrons. The van der Waals surface area contributed by atoms with Gasteiger partial charge < -0.3 is 0 Å². The first-order valence-electron chi connectivity index (χ1n) is 5.41. The quantitative estimate of drug-likeness (QED) is 0.671. The number of rotatable bonds is 2. The van der Waals surface area contributed by atoms with Crippen molar-refractivity contribution in [2.75, 3.05) is 6.26 Å². The van der Waals surface area contributed by atoms with Gasteiger partial charge in [0.25, 0.3) is 0 Å². The first kappa shape index (κ1) is 11.7. The molecule has 0 amide bonds. The summed E-state index contributed by atoms with van der Waals surface area (Å²) in [5.74, 6) is 0.710. The van der Waals surface area contributed by atoms with E-state index in [9.17, 15) is 0 Å². The molecule has 0 N–H and O–H groups in total. The van der Waals surface area contributed by atoms with Crippen LogP contribution in [0.1, 0.15) is 0 Å². The maximum Gasteiger partial charge on any atom is 0.234 e. The molecule has 0 saturated carbocycles. The first-order chi connectivity index (χ1) is 8.76. The Hall–Kier alpha value is -1.33. The molecule has 0 unspecified atom stereocenters. The van der Waals surface area contributed by atoms with E-state index in [1.165, 1.54) is 4.90 Å². The molecule has 0 fully saturated rings. The molecular weight excluding hydrogens is 310 g/mol. The number of aromatic nitrogens is 3. The molecule has 2 aromatic heterocycles. The highest BCUT2D eigenvalue weighted by molar-refractivity contribution is 9.10. The van der Waals surface area contributed by atoms with Crippen LogP contribution in [-0.2, 0) is 0 Å². The van der Waals surface area contributed by atoms with Crippen LogP contribution in [-0.4, -0.2) is 20.6 Å². The Morgan fingerprint density at radius 3 is 2.67 bits per heavy atom. The van der Waals surface area contributed by atoms with Crippen LogP contribution in [0.25, 0.3) is 17.0 Å². The zero-order chi connectivity index (χ0) is 12.5. The number of thioether (sulfide) groups is 1. The third kappa shape index (κ3) is 2.15. The van der Waals surface area contributed by atoms with Crippen LogP contribution >= 0.6 is 27.7 Å². The standard InChI is InChI=1S/C13H10BrN3S/c1-18-11-4-2-9(3-5-11)12-8-17-7-10(14)6-15-13(17)16-12/h2-8H,1H3. The van der Waals surface area contributed by atoms with Crippen molar-refractivity contribution >= 4 is 33.5 Å². The zero-order valence-electron chi connectivity index (χ0n) is 9.67. The maximum absolute atomic E-state index is 4.50. The second kappa shape index (κ2) is 4.74. The molecule has 2 heterocycles. The Kier molecular flexibility index (Phi) is 3.09. The molecule has 0 atom stereocenters. The molecule has 3 nitrogen and oxygen atoms in total. The number of hydrogen-bond donors (Lipinski definition) is 0. The smallest absolute Gasteiger partial charge is 0.234 e. The lowest BCUT2D eigenvalue weighted by molar-refractivity contribution is 1.10. The molecule has 5 heteroatoms. The van der Waals surface area contributed by atoms with Gasteiger partial charge in [-0.15, -0.1) is 11.8 Å². The summed E-state index contributed by atoms with van der Waals surface area (Å²) in [6.45, 7) is 0. The molecule has 90 valence electrons. The van der Waals surface area contributed by atoms with E-state index in [2.05, 4.69) is 56.4 Å². The van der Waals surface area contributed by atoms with E-state index in [-0.39, 0.29) is 0 Å². The van der Waals surface area contributed by atoms with Crippen LogP contribution in [0.5, 0.6) is 0 Å². The largest absolute Gasteiger partial charge is 0.289 e. The van der Waals surface area contributed by atoms with Gasteiger partial charge in [0.15, 0.2) is 0 Å². The monoisotopic (exact) mass is 319 g/mol. The highest BCUT2D eigenvalue weighted by Gasteiger charge is 2.05. The van der Waals surface area contributed by atoms with Gasteiger partial charge in [-0.3, -0.25) is 4.40 Å². The van der Waals surface area contributed by atoms with Crippen molar-refractivity contribution in [3.8, 4) is 11.3 Å². The molecule has 0 spiro atoms. The van der Waals surface area contributed by atoms with Gasteiger partial charge in [0.2, 0.25) is 5.78 Å². The number of halogens is 1. The summed E-state index contributed by atoms with van der Waals surface area (Å²) >= 11 is 5.14. The fourth-order valence-corrected chi connectivity index (χ4v) is 2.49. The van der Waals surface area contributed by atoms with Crippen molar-refractivity contribution in [3.05, 3.63) is 47.3 Å². The van der Waals surface area contributed by atoms with Crippen LogP contribution in [0.2, 0.25) is 0 Å². The average molecular weight is 320 g/mol. The van der Waals surface area contributed by atoms with Gasteiger partial charge in [-0.1, -0.05) is 12.1 Å². The van der Waals surface area contributed by atoms with Gasteiger partial charge in [-0.2, -0.15) is 0 Å². The number of nitrogens with zero attached hydrogens (tertiary/aromatic N) is 3. The zero-order valence-corrected chi connectivity index (χ0v) is 12.1. The van der Waals surface area contributed by atoms with Crippen molar-refractivity contribution in [2.24, 2.45) is 0 Å². The summed E-state index contributed by atoms with van der Waals surface area (Å²) in [7, 11) is 0. The molecule has 3 rings (SSSR count). The molecule has 0 aliphatic carbocycles. The minimum absolute atomic E-state index is 0.710. The van der Waals surface area contributed by atoms with Crippen LogP contribution in [0.4, 0.5) is 0 Å². The fraction of sp³-hybridized carbons (Fsp3) is 0.0769. The van der Waals surface area contributed by atoms with Gasteiger partial charge in [0, 0.05) is 29.0 Å². The van der Waals surface area contributed by atoms with Crippen molar-refractivity contribution in [1.82, 2.24) is 14.4 Å². The molecular formula is C13H10BrN3S. The third-order valence-corrected chi connectivity index (χ3v) is 3.82. The maximum atomic E-state index is 4.50. The predicted octanol–water partition coefficient (Wildman–Crippen LogP) is 3.88. The van der Waals surface area contributed by atoms with E-state index in [0.717, 1.165) is 15.7 Å². The fourth-order valence-electron chi connectivity index (χ4n) is 1.76. The van der Waals surface area contributed by atoms with Crippen LogP contribution in [0.3, 0.4) is 0 Å². The summed E-state index contributed by atoms with van der Waals surface area (Å²) in [5.41, 5.74) is 2.04. The molecule has 3 aromatic rings. The van der Waals surface area contributed by atoms with Crippen molar-refractivity contribution in [3.63, 3.8) is 0 Å². The number of benzene rings is 1. The van der Waals surface area contributed by atoms with Gasteiger partial charge >= 0.3 is 0 Å². The Bertz CT molecular complexity index is 691. The Morgan fingerprint density at radius 1 is 1.17 bits per heavy atom. The summed E-state index contributed by atoms with van der Waals surface area (Å²) in [5, 5.41) is 0. The number of imidazole rings is 1. The van der Waals surface area contributed by atoms with Gasteiger partial charge in [0.05, 0.1) is 10.2 Å². The Labute approximate surface area is 117 Å². The normalized spacial score (nSPS) is 11.0. The van der Waals surface area contributed by atoms with Gasteiger partial charge in [0.1, 0.15) is 0 Å². The average Bonchev–Trinajstić information content (AvgIpc) is 2.81. The highest BCUT2D eigenvalue weighted by atomic mass is 79.9.